The number of benzene rings is 1. The standard InChI is InChI=1S/C28H31F6NO3/c1-14-12-21-26(3,11-9-22(36)38-21)17-8-10-25(2)16(23(14)17)5-6-18(25)24(37)35-20-7-4-15(27(29,30)31)13-19(20)28(32,33)34/h4,7,9,11,13-14,16-18,21,23H,5-6,8,10,12H2,1-3H3,(H,35,37)/t14?,16-,17+,18?,21?,23-,25-,26+/m0/s1. The van der Waals surface area contributed by atoms with Crippen LogP contribution in [0.15, 0.2) is 30.4 Å². The largest absolute Gasteiger partial charge is 0.458 e. The SMILES string of the molecule is CC1CC2OC(=O)C=C[C@]2(C)[C@@H]2CC[C@]3(C)C(C(=O)Nc4ccc(C(F)(F)F)cc4C(F)(F)F)CC[C@H]3[C@H]12. The summed E-state index contributed by atoms with van der Waals surface area (Å²) in [5.41, 5.74) is -4.36. The van der Waals surface area contributed by atoms with Gasteiger partial charge in [0.05, 0.1) is 16.8 Å². The lowest BCUT2D eigenvalue weighted by atomic mass is 9.46. The molecule has 1 aromatic rings. The van der Waals surface area contributed by atoms with Crippen molar-refractivity contribution in [2.45, 2.75) is 71.3 Å². The second kappa shape index (κ2) is 8.74. The summed E-state index contributed by atoms with van der Waals surface area (Å²) in [6.07, 6.45) is -3.33. The maximum Gasteiger partial charge on any atom is 0.418 e. The molecule has 1 aromatic carbocycles. The first-order valence-corrected chi connectivity index (χ1v) is 13.0. The third-order valence-corrected chi connectivity index (χ3v) is 10.1. The van der Waals surface area contributed by atoms with Gasteiger partial charge in [0, 0.05) is 17.4 Å². The van der Waals surface area contributed by atoms with E-state index in [9.17, 15) is 35.9 Å². The molecule has 3 fully saturated rings. The fraction of sp³-hybridized carbons (Fsp3) is 0.643. The number of nitrogens with one attached hydrogen (secondary N) is 1. The lowest BCUT2D eigenvalue weighted by molar-refractivity contribution is -0.175. The van der Waals surface area contributed by atoms with Gasteiger partial charge in [-0.1, -0.05) is 26.8 Å². The quantitative estimate of drug-likeness (QED) is 0.316. The smallest absolute Gasteiger partial charge is 0.418 e. The first-order valence-electron chi connectivity index (χ1n) is 13.0. The molecule has 4 aliphatic rings. The van der Waals surface area contributed by atoms with Crippen molar-refractivity contribution < 1.29 is 40.7 Å². The van der Waals surface area contributed by atoms with Crippen molar-refractivity contribution >= 4 is 17.6 Å². The van der Waals surface area contributed by atoms with Crippen LogP contribution in [0.4, 0.5) is 32.0 Å². The van der Waals surface area contributed by atoms with Gasteiger partial charge < -0.3 is 10.1 Å². The molecule has 3 saturated carbocycles. The Hall–Kier alpha value is -2.52. The molecule has 8 atom stereocenters. The van der Waals surface area contributed by atoms with Crippen molar-refractivity contribution in [3.63, 3.8) is 0 Å². The minimum absolute atomic E-state index is 0.0469. The van der Waals surface area contributed by atoms with Gasteiger partial charge in [0.2, 0.25) is 5.91 Å². The van der Waals surface area contributed by atoms with Crippen molar-refractivity contribution in [2.24, 2.45) is 40.4 Å². The summed E-state index contributed by atoms with van der Waals surface area (Å²) in [5.74, 6) is -0.593. The molecule has 38 heavy (non-hydrogen) atoms. The highest BCUT2D eigenvalue weighted by molar-refractivity contribution is 5.94. The van der Waals surface area contributed by atoms with Crippen LogP contribution in [0.5, 0.6) is 0 Å². The highest BCUT2D eigenvalue weighted by Crippen LogP contribution is 2.66. The predicted molar refractivity (Wildman–Crippen MR) is 127 cm³/mol. The molecule has 0 spiro atoms. The highest BCUT2D eigenvalue weighted by atomic mass is 19.4. The summed E-state index contributed by atoms with van der Waals surface area (Å²) in [4.78, 5) is 25.3. The predicted octanol–water partition coefficient (Wildman–Crippen LogP) is 7.25. The van der Waals surface area contributed by atoms with E-state index in [2.05, 4.69) is 19.2 Å². The Kier molecular flexibility index (Phi) is 6.23. The van der Waals surface area contributed by atoms with E-state index in [-0.39, 0.29) is 47.2 Å². The van der Waals surface area contributed by atoms with Crippen molar-refractivity contribution in [3.8, 4) is 0 Å². The number of anilines is 1. The van der Waals surface area contributed by atoms with Gasteiger partial charge in [0.25, 0.3) is 0 Å². The normalized spacial score (nSPS) is 38.6. The third kappa shape index (κ3) is 4.22. The second-order valence-corrected chi connectivity index (χ2v) is 12.0. The van der Waals surface area contributed by atoms with Gasteiger partial charge in [-0.2, -0.15) is 26.3 Å². The number of carbonyl (C=O) groups excluding carboxylic acids is 2. The summed E-state index contributed by atoms with van der Waals surface area (Å²) in [7, 11) is 0. The van der Waals surface area contributed by atoms with Gasteiger partial charge in [-0.25, -0.2) is 4.79 Å². The molecule has 0 bridgehead atoms. The fourth-order valence-corrected chi connectivity index (χ4v) is 8.25. The number of carbonyl (C=O) groups is 2. The van der Waals surface area contributed by atoms with Crippen LogP contribution in [0, 0.1) is 40.4 Å². The Morgan fingerprint density at radius 2 is 1.74 bits per heavy atom. The van der Waals surface area contributed by atoms with E-state index in [1.807, 2.05) is 13.0 Å². The molecule has 4 nitrogen and oxygen atoms in total. The van der Waals surface area contributed by atoms with Gasteiger partial charge in [0.15, 0.2) is 0 Å². The number of hydrogen-bond acceptors (Lipinski definition) is 3. The first kappa shape index (κ1) is 27.1. The van der Waals surface area contributed by atoms with Crippen LogP contribution in [0.25, 0.3) is 0 Å². The van der Waals surface area contributed by atoms with Crippen molar-refractivity contribution in [1.29, 1.82) is 0 Å². The second-order valence-electron chi connectivity index (χ2n) is 12.0. The van der Waals surface area contributed by atoms with Crippen LogP contribution in [-0.4, -0.2) is 18.0 Å². The van der Waals surface area contributed by atoms with Crippen molar-refractivity contribution in [2.75, 3.05) is 5.32 Å². The molecule has 3 aliphatic carbocycles. The zero-order valence-electron chi connectivity index (χ0n) is 21.4. The lowest BCUT2D eigenvalue weighted by Crippen LogP contribution is -2.58. The van der Waals surface area contributed by atoms with Gasteiger partial charge in [0.1, 0.15) is 6.10 Å². The Morgan fingerprint density at radius 3 is 2.39 bits per heavy atom. The van der Waals surface area contributed by atoms with Gasteiger partial charge in [-0.15, -0.1) is 0 Å². The molecule has 3 unspecified atom stereocenters. The summed E-state index contributed by atoms with van der Waals surface area (Å²) < 4.78 is 85.9. The van der Waals surface area contributed by atoms with E-state index < -0.39 is 46.4 Å². The molecule has 5 rings (SSSR count). The molecular formula is C28H31F6NO3. The lowest BCUT2D eigenvalue weighted by Gasteiger charge is -2.60. The van der Waals surface area contributed by atoms with Crippen LogP contribution < -0.4 is 5.32 Å². The summed E-state index contributed by atoms with van der Waals surface area (Å²) in [6.45, 7) is 6.29. The van der Waals surface area contributed by atoms with Crippen LogP contribution in [0.3, 0.4) is 0 Å². The number of halogens is 6. The first-order chi connectivity index (χ1) is 17.6. The summed E-state index contributed by atoms with van der Waals surface area (Å²) in [5, 5.41) is 2.34. The summed E-state index contributed by atoms with van der Waals surface area (Å²) in [6, 6.07) is 1.29. The Labute approximate surface area is 217 Å². The Morgan fingerprint density at radius 1 is 1.03 bits per heavy atom. The average Bonchev–Trinajstić information content (AvgIpc) is 3.16. The number of esters is 1. The Balaban J connectivity index is 1.41. The highest BCUT2D eigenvalue weighted by Gasteiger charge is 2.63. The third-order valence-electron chi connectivity index (χ3n) is 10.1. The Bertz CT molecular complexity index is 1180. The number of hydrogen-bond donors (Lipinski definition) is 1. The number of rotatable bonds is 2. The van der Waals surface area contributed by atoms with Gasteiger partial charge >= 0.3 is 18.3 Å². The molecule has 1 heterocycles. The van der Waals surface area contributed by atoms with Crippen molar-refractivity contribution in [1.82, 2.24) is 0 Å². The van der Waals surface area contributed by atoms with E-state index in [4.69, 9.17) is 4.74 Å². The maximum absolute atomic E-state index is 13.7. The van der Waals surface area contributed by atoms with Crippen molar-refractivity contribution in [3.05, 3.63) is 41.5 Å². The molecule has 0 radical (unpaired) electrons. The molecule has 1 amide bonds. The van der Waals surface area contributed by atoms with Crippen LogP contribution in [-0.2, 0) is 26.7 Å². The number of amides is 1. The molecule has 10 heteroatoms. The van der Waals surface area contributed by atoms with Crippen LogP contribution in [0.2, 0.25) is 0 Å². The number of fused-ring (bicyclic) bond motifs is 5. The minimum atomic E-state index is -5.06. The molecule has 1 N–H and O–H groups in total. The van der Waals surface area contributed by atoms with Gasteiger partial charge in [-0.3, -0.25) is 4.79 Å². The van der Waals surface area contributed by atoms with E-state index in [0.717, 1.165) is 12.8 Å². The van der Waals surface area contributed by atoms with Crippen LogP contribution in [0.1, 0.15) is 64.0 Å². The van der Waals surface area contributed by atoms with Crippen LogP contribution >= 0.6 is 0 Å². The number of alkyl halides is 6. The van der Waals surface area contributed by atoms with E-state index >= 15 is 0 Å². The molecule has 0 aromatic heterocycles. The van der Waals surface area contributed by atoms with E-state index in [0.29, 0.717) is 31.4 Å². The average molecular weight is 544 g/mol. The van der Waals surface area contributed by atoms with E-state index in [1.54, 1.807) is 0 Å². The summed E-state index contributed by atoms with van der Waals surface area (Å²) >= 11 is 0. The monoisotopic (exact) mass is 543 g/mol. The number of ether oxygens (including phenoxy) is 1. The zero-order chi connectivity index (χ0) is 27.8. The topological polar surface area (TPSA) is 55.4 Å². The van der Waals surface area contributed by atoms with Gasteiger partial charge in [-0.05, 0) is 79.4 Å². The fourth-order valence-electron chi connectivity index (χ4n) is 8.25. The molecule has 1 aliphatic heterocycles. The molecule has 208 valence electrons. The maximum atomic E-state index is 13.7. The zero-order valence-corrected chi connectivity index (χ0v) is 21.4. The minimum Gasteiger partial charge on any atom is -0.458 e. The molecule has 0 saturated heterocycles. The molecular weight excluding hydrogens is 512 g/mol. The van der Waals surface area contributed by atoms with E-state index in [1.165, 1.54) is 6.08 Å².